The van der Waals surface area contributed by atoms with E-state index in [9.17, 15) is 14.7 Å². The number of aliphatic carboxylic acids is 1. The number of hydrogen-bond acceptors (Lipinski definition) is 4. The van der Waals surface area contributed by atoms with Crippen LogP contribution in [0, 0.1) is 0 Å². The first-order valence-electron chi connectivity index (χ1n) is 8.48. The van der Waals surface area contributed by atoms with Crippen molar-refractivity contribution in [3.05, 3.63) is 59.7 Å². The number of aliphatic hydroxyl groups is 1. The van der Waals surface area contributed by atoms with Crippen LogP contribution in [0.3, 0.4) is 0 Å². The van der Waals surface area contributed by atoms with Gasteiger partial charge in [-0.05, 0) is 29.2 Å². The van der Waals surface area contributed by atoms with Gasteiger partial charge in [-0.1, -0.05) is 48.5 Å². The number of alkyl carbamates (subject to hydrolysis) is 1. The van der Waals surface area contributed by atoms with E-state index < -0.39 is 24.2 Å². The molecular formula is C20H21NO5. The lowest BCUT2D eigenvalue weighted by Crippen LogP contribution is -2.44. The number of ether oxygens (including phenoxy) is 1. The molecule has 1 amide bonds. The molecule has 0 heterocycles. The minimum Gasteiger partial charge on any atom is -0.481 e. The predicted molar refractivity (Wildman–Crippen MR) is 95.9 cm³/mol. The molecule has 0 bridgehead atoms. The van der Waals surface area contributed by atoms with Crippen molar-refractivity contribution in [3.63, 3.8) is 0 Å². The molecule has 3 N–H and O–H groups in total. The lowest BCUT2D eigenvalue weighted by atomic mass is 9.98. The molecule has 26 heavy (non-hydrogen) atoms. The summed E-state index contributed by atoms with van der Waals surface area (Å²) < 4.78 is 5.35. The van der Waals surface area contributed by atoms with Crippen LogP contribution in [0.1, 0.15) is 30.4 Å². The Morgan fingerprint density at radius 3 is 2.12 bits per heavy atom. The zero-order valence-corrected chi connectivity index (χ0v) is 14.4. The number of nitrogens with one attached hydrogen (secondary N) is 1. The summed E-state index contributed by atoms with van der Waals surface area (Å²) in [4.78, 5) is 22.9. The summed E-state index contributed by atoms with van der Waals surface area (Å²) in [6.07, 6.45) is -2.10. The van der Waals surface area contributed by atoms with Crippen LogP contribution in [0.2, 0.25) is 0 Å². The van der Waals surface area contributed by atoms with Gasteiger partial charge in [-0.25, -0.2) is 4.79 Å². The van der Waals surface area contributed by atoms with Gasteiger partial charge in [0, 0.05) is 5.92 Å². The smallest absolute Gasteiger partial charge is 0.407 e. The highest BCUT2D eigenvalue weighted by atomic mass is 16.5. The van der Waals surface area contributed by atoms with Crippen molar-refractivity contribution in [2.45, 2.75) is 31.4 Å². The second-order valence-corrected chi connectivity index (χ2v) is 6.41. The van der Waals surface area contributed by atoms with Crippen molar-refractivity contribution in [1.82, 2.24) is 5.32 Å². The quantitative estimate of drug-likeness (QED) is 0.740. The maximum absolute atomic E-state index is 12.1. The fourth-order valence-electron chi connectivity index (χ4n) is 3.32. The van der Waals surface area contributed by atoms with Crippen molar-refractivity contribution >= 4 is 12.1 Å². The number of rotatable bonds is 6. The second kappa shape index (κ2) is 7.58. The van der Waals surface area contributed by atoms with Gasteiger partial charge in [0.25, 0.3) is 0 Å². The Morgan fingerprint density at radius 2 is 1.62 bits per heavy atom. The minimum absolute atomic E-state index is 0.0716. The van der Waals surface area contributed by atoms with Gasteiger partial charge in [0.05, 0.1) is 18.6 Å². The fraction of sp³-hybridized carbons (Fsp3) is 0.300. The molecule has 0 fully saturated rings. The summed E-state index contributed by atoms with van der Waals surface area (Å²) in [7, 11) is 0. The molecule has 0 saturated carbocycles. The van der Waals surface area contributed by atoms with Crippen molar-refractivity contribution in [3.8, 4) is 11.1 Å². The molecule has 0 saturated heterocycles. The van der Waals surface area contributed by atoms with E-state index in [4.69, 9.17) is 9.84 Å². The monoisotopic (exact) mass is 355 g/mol. The largest absolute Gasteiger partial charge is 0.481 e. The highest BCUT2D eigenvalue weighted by Crippen LogP contribution is 2.44. The number of carboxylic acid groups (broad SMARTS) is 1. The van der Waals surface area contributed by atoms with E-state index in [2.05, 4.69) is 5.32 Å². The number of carboxylic acids is 1. The zero-order valence-electron chi connectivity index (χ0n) is 14.4. The average Bonchev–Trinajstić information content (AvgIpc) is 2.93. The lowest BCUT2D eigenvalue weighted by Gasteiger charge is -2.20. The van der Waals surface area contributed by atoms with Crippen LogP contribution < -0.4 is 5.32 Å². The molecule has 2 aromatic carbocycles. The molecule has 2 unspecified atom stereocenters. The van der Waals surface area contributed by atoms with E-state index in [0.29, 0.717) is 0 Å². The number of fused-ring (bicyclic) bond motifs is 3. The lowest BCUT2D eigenvalue weighted by molar-refractivity contribution is -0.138. The van der Waals surface area contributed by atoms with Gasteiger partial charge in [0.15, 0.2) is 0 Å². The molecule has 1 aliphatic carbocycles. The molecule has 136 valence electrons. The molecule has 1 aliphatic rings. The maximum Gasteiger partial charge on any atom is 0.407 e. The Bertz CT molecular complexity index is 772. The van der Waals surface area contributed by atoms with Crippen molar-refractivity contribution in [1.29, 1.82) is 0 Å². The van der Waals surface area contributed by atoms with Crippen LogP contribution in [0.15, 0.2) is 48.5 Å². The minimum atomic E-state index is -1.10. The first-order chi connectivity index (χ1) is 12.5. The molecule has 2 atom stereocenters. The number of amides is 1. The van der Waals surface area contributed by atoms with E-state index >= 15 is 0 Å². The Morgan fingerprint density at radius 1 is 1.08 bits per heavy atom. The number of carbonyl (C=O) groups is 2. The first kappa shape index (κ1) is 17.9. The highest BCUT2D eigenvalue weighted by molar-refractivity contribution is 5.79. The van der Waals surface area contributed by atoms with Crippen LogP contribution in [-0.2, 0) is 9.53 Å². The Hall–Kier alpha value is -2.86. The average molecular weight is 355 g/mol. The SMILES string of the molecule is CC(O)C(CC(=O)O)NC(=O)OCC1c2ccccc2-c2ccccc21. The summed E-state index contributed by atoms with van der Waals surface area (Å²) in [5.41, 5.74) is 4.45. The summed E-state index contributed by atoms with van der Waals surface area (Å²) >= 11 is 0. The highest BCUT2D eigenvalue weighted by Gasteiger charge is 2.29. The summed E-state index contributed by atoms with van der Waals surface area (Å²) in [6.45, 7) is 1.57. The van der Waals surface area contributed by atoms with Gasteiger partial charge in [-0.15, -0.1) is 0 Å². The van der Waals surface area contributed by atoms with Crippen molar-refractivity contribution in [2.75, 3.05) is 6.61 Å². The molecule has 6 heteroatoms. The van der Waals surface area contributed by atoms with Gasteiger partial charge in [-0.2, -0.15) is 0 Å². The normalized spacial score (nSPS) is 14.8. The van der Waals surface area contributed by atoms with E-state index in [1.807, 2.05) is 48.5 Å². The standard InChI is InChI=1S/C20H21NO5/c1-12(22)18(10-19(23)24)21-20(25)26-11-17-15-8-4-2-6-13(15)14-7-3-5-9-16(14)17/h2-9,12,17-18,22H,10-11H2,1H3,(H,21,25)(H,23,24). The van der Waals surface area contributed by atoms with Gasteiger partial charge in [-0.3, -0.25) is 4.79 Å². The third-order valence-electron chi connectivity index (χ3n) is 4.62. The van der Waals surface area contributed by atoms with Crippen molar-refractivity contribution < 1.29 is 24.5 Å². The summed E-state index contributed by atoms with van der Waals surface area (Å²) in [5, 5.41) is 20.9. The van der Waals surface area contributed by atoms with E-state index in [1.54, 1.807) is 0 Å². The van der Waals surface area contributed by atoms with Gasteiger partial charge in [0.1, 0.15) is 6.61 Å². The van der Waals surface area contributed by atoms with Gasteiger partial charge >= 0.3 is 12.1 Å². The topological polar surface area (TPSA) is 95.9 Å². The Balaban J connectivity index is 1.70. The summed E-state index contributed by atoms with van der Waals surface area (Å²) in [5.74, 6) is -1.17. The Labute approximate surface area is 151 Å². The number of carbonyl (C=O) groups excluding carboxylic acids is 1. The molecule has 0 spiro atoms. The molecular weight excluding hydrogens is 334 g/mol. The molecule has 0 aliphatic heterocycles. The van der Waals surface area contributed by atoms with E-state index in [1.165, 1.54) is 6.92 Å². The molecule has 3 rings (SSSR count). The number of hydrogen-bond donors (Lipinski definition) is 3. The molecule has 2 aromatic rings. The van der Waals surface area contributed by atoms with Crippen LogP contribution in [0.25, 0.3) is 11.1 Å². The van der Waals surface area contributed by atoms with E-state index in [0.717, 1.165) is 22.3 Å². The van der Waals surface area contributed by atoms with Gasteiger partial charge in [0.2, 0.25) is 0 Å². The second-order valence-electron chi connectivity index (χ2n) is 6.41. The molecule has 0 aromatic heterocycles. The van der Waals surface area contributed by atoms with Crippen LogP contribution >= 0.6 is 0 Å². The zero-order chi connectivity index (χ0) is 18.7. The fourth-order valence-corrected chi connectivity index (χ4v) is 3.32. The van der Waals surface area contributed by atoms with Gasteiger partial charge < -0.3 is 20.3 Å². The van der Waals surface area contributed by atoms with Crippen molar-refractivity contribution in [2.24, 2.45) is 0 Å². The number of benzene rings is 2. The number of aliphatic hydroxyl groups excluding tert-OH is 1. The summed E-state index contributed by atoms with van der Waals surface area (Å²) in [6, 6.07) is 15.1. The Kier molecular flexibility index (Phi) is 5.23. The first-order valence-corrected chi connectivity index (χ1v) is 8.48. The maximum atomic E-state index is 12.1. The molecule has 0 radical (unpaired) electrons. The predicted octanol–water partition coefficient (Wildman–Crippen LogP) is 2.75. The van der Waals surface area contributed by atoms with E-state index in [-0.39, 0.29) is 18.9 Å². The van der Waals surface area contributed by atoms with Crippen LogP contribution in [-0.4, -0.2) is 41.0 Å². The third kappa shape index (κ3) is 3.70. The van der Waals surface area contributed by atoms with Crippen LogP contribution in [0.4, 0.5) is 4.79 Å². The molecule has 6 nitrogen and oxygen atoms in total. The van der Waals surface area contributed by atoms with Crippen LogP contribution in [0.5, 0.6) is 0 Å². The third-order valence-corrected chi connectivity index (χ3v) is 4.62.